The number of rotatable bonds is 9. The maximum atomic E-state index is 13.5. The second kappa shape index (κ2) is 12.4. The molecule has 5 rings (SSSR count). The van der Waals surface area contributed by atoms with Gasteiger partial charge in [-0.3, -0.25) is 14.4 Å². The largest absolute Gasteiger partial charge is 0.501 e. The average molecular weight is 633 g/mol. The molecule has 1 N–H and O–H groups in total. The lowest BCUT2D eigenvalue weighted by molar-refractivity contribution is -0.129. The van der Waals surface area contributed by atoms with E-state index in [1.54, 1.807) is 23.1 Å². The smallest absolute Gasteiger partial charge is 0.315 e. The Hall–Kier alpha value is -3.55. The second-order valence-corrected chi connectivity index (χ2v) is 13.4. The number of amides is 2. The number of aromatic nitrogens is 2. The summed E-state index contributed by atoms with van der Waals surface area (Å²) < 4.78 is 32.4. The van der Waals surface area contributed by atoms with Gasteiger partial charge in [-0.2, -0.15) is 4.98 Å². The molecule has 3 heterocycles. The zero-order valence-corrected chi connectivity index (χ0v) is 25.1. The van der Waals surface area contributed by atoms with E-state index in [1.807, 2.05) is 18.2 Å². The van der Waals surface area contributed by atoms with Gasteiger partial charge in [0.2, 0.25) is 11.7 Å². The molecule has 1 saturated heterocycles. The Kier molecular flexibility index (Phi) is 8.81. The van der Waals surface area contributed by atoms with Crippen LogP contribution in [0.1, 0.15) is 35.2 Å². The summed E-state index contributed by atoms with van der Waals surface area (Å²) in [7, 11) is -2.24. The van der Waals surface area contributed by atoms with E-state index in [2.05, 4.69) is 4.98 Å². The number of hydrogen-bond acceptors (Lipinski definition) is 9. The molecule has 2 aliphatic rings. The van der Waals surface area contributed by atoms with Crippen molar-refractivity contribution in [3.63, 3.8) is 0 Å². The van der Waals surface area contributed by atoms with E-state index in [9.17, 15) is 27.9 Å². The van der Waals surface area contributed by atoms with Crippen molar-refractivity contribution in [2.24, 2.45) is 0 Å². The minimum absolute atomic E-state index is 0.0948. The van der Waals surface area contributed by atoms with Crippen LogP contribution in [0.3, 0.4) is 0 Å². The molecular weight excluding hydrogens is 604 g/mol. The molecule has 42 heavy (non-hydrogen) atoms. The number of sulfone groups is 1. The van der Waals surface area contributed by atoms with Gasteiger partial charge in [-0.15, -0.1) is 11.8 Å². The van der Waals surface area contributed by atoms with Crippen molar-refractivity contribution in [3.8, 4) is 11.5 Å². The number of benzene rings is 2. The molecule has 0 spiro atoms. The van der Waals surface area contributed by atoms with E-state index in [1.165, 1.54) is 40.5 Å². The number of halogens is 1. The molecule has 14 heteroatoms. The molecular formula is C28H29ClN4O7S2. The summed E-state index contributed by atoms with van der Waals surface area (Å²) in [4.78, 5) is 47.3. The first-order chi connectivity index (χ1) is 20.1. The first-order valence-electron chi connectivity index (χ1n) is 13.3. The molecule has 0 aliphatic carbocycles. The molecule has 0 radical (unpaired) electrons. The molecule has 1 unspecified atom stereocenters. The maximum absolute atomic E-state index is 13.5. The van der Waals surface area contributed by atoms with E-state index in [0.717, 1.165) is 4.90 Å². The standard InChI is InChI=1S/C28H29ClN4O7S2/c1-40-18-8-10-19(11-9-18)42(38,39)16-15-31-13-14-33-24(28(31)37)25(35)27(36)30-26(33)21-6-4-12-32(21)23(34)17-41-22-7-3-2-5-20(22)29/h2-3,5,7-11,21,35H,4,6,12-17H2,1H3. The summed E-state index contributed by atoms with van der Waals surface area (Å²) in [5.74, 6) is -1.09. The third-order valence-electron chi connectivity index (χ3n) is 7.38. The van der Waals surface area contributed by atoms with Crippen molar-refractivity contribution in [2.75, 3.05) is 38.2 Å². The molecule has 0 bridgehead atoms. The van der Waals surface area contributed by atoms with Gasteiger partial charge in [0, 0.05) is 31.1 Å². The quantitative estimate of drug-likeness (QED) is 0.353. The van der Waals surface area contributed by atoms with Crippen LogP contribution >= 0.6 is 23.4 Å². The monoisotopic (exact) mass is 632 g/mol. The molecule has 2 amide bonds. The molecule has 1 atom stereocenters. The summed E-state index contributed by atoms with van der Waals surface area (Å²) in [6.45, 7) is 0.643. The summed E-state index contributed by atoms with van der Waals surface area (Å²) in [5.41, 5.74) is -1.22. The lowest BCUT2D eigenvalue weighted by atomic mass is 10.1. The Morgan fingerprint density at radius 3 is 2.57 bits per heavy atom. The van der Waals surface area contributed by atoms with Crippen molar-refractivity contribution in [3.05, 3.63) is 75.4 Å². The molecule has 1 fully saturated rings. The summed E-state index contributed by atoms with van der Waals surface area (Å²) >= 11 is 7.54. The van der Waals surface area contributed by atoms with Gasteiger partial charge < -0.3 is 24.2 Å². The van der Waals surface area contributed by atoms with E-state index < -0.39 is 33.1 Å². The Labute approximate surface area is 252 Å². The van der Waals surface area contributed by atoms with E-state index >= 15 is 0 Å². The molecule has 2 aliphatic heterocycles. The van der Waals surface area contributed by atoms with Gasteiger partial charge in [-0.1, -0.05) is 23.7 Å². The fourth-order valence-corrected chi connectivity index (χ4v) is 7.57. The van der Waals surface area contributed by atoms with Crippen LogP contribution in [0, 0.1) is 0 Å². The van der Waals surface area contributed by atoms with Crippen molar-refractivity contribution in [1.82, 2.24) is 19.4 Å². The first-order valence-corrected chi connectivity index (χ1v) is 16.3. The number of hydrogen-bond donors (Lipinski definition) is 1. The van der Waals surface area contributed by atoms with Crippen molar-refractivity contribution >= 4 is 45.0 Å². The van der Waals surface area contributed by atoms with E-state index in [0.29, 0.717) is 30.2 Å². The summed E-state index contributed by atoms with van der Waals surface area (Å²) in [6, 6.07) is 12.6. The number of likely N-dealkylation sites (tertiary alicyclic amines) is 1. The van der Waals surface area contributed by atoms with Crippen LogP contribution in [0.4, 0.5) is 0 Å². The van der Waals surface area contributed by atoms with Crippen LogP contribution in [0.15, 0.2) is 63.1 Å². The lowest BCUT2D eigenvalue weighted by Gasteiger charge is -2.33. The predicted octanol–water partition coefficient (Wildman–Crippen LogP) is 3.00. The lowest BCUT2D eigenvalue weighted by Crippen LogP contribution is -2.46. The fraction of sp³-hybridized carbons (Fsp3) is 0.357. The normalized spacial score (nSPS) is 16.9. The van der Waals surface area contributed by atoms with Crippen molar-refractivity contribution in [1.29, 1.82) is 0 Å². The van der Waals surface area contributed by atoms with Crippen LogP contribution in [-0.2, 0) is 21.2 Å². The molecule has 0 saturated carbocycles. The Bertz CT molecular complexity index is 1680. The minimum Gasteiger partial charge on any atom is -0.501 e. The highest BCUT2D eigenvalue weighted by Gasteiger charge is 2.38. The van der Waals surface area contributed by atoms with Gasteiger partial charge >= 0.3 is 5.56 Å². The number of thioether (sulfide) groups is 1. The summed E-state index contributed by atoms with van der Waals surface area (Å²) in [6.07, 6.45) is 1.22. The molecule has 3 aromatic rings. The van der Waals surface area contributed by atoms with Gasteiger partial charge in [0.1, 0.15) is 11.6 Å². The van der Waals surface area contributed by atoms with Crippen LogP contribution in [0.25, 0.3) is 0 Å². The van der Waals surface area contributed by atoms with E-state index in [4.69, 9.17) is 16.3 Å². The van der Waals surface area contributed by atoms with Crippen LogP contribution in [-0.4, -0.2) is 82.9 Å². The van der Waals surface area contributed by atoms with Gasteiger partial charge in [0.05, 0.1) is 34.6 Å². The van der Waals surface area contributed by atoms with Crippen molar-refractivity contribution < 1.29 is 27.9 Å². The topological polar surface area (TPSA) is 139 Å². The minimum atomic E-state index is -3.72. The number of ether oxygens (including phenoxy) is 1. The highest BCUT2D eigenvalue weighted by molar-refractivity contribution is 8.00. The summed E-state index contributed by atoms with van der Waals surface area (Å²) in [5, 5.41) is 11.1. The van der Waals surface area contributed by atoms with Gasteiger partial charge in [0.15, 0.2) is 15.5 Å². The molecule has 11 nitrogen and oxygen atoms in total. The van der Waals surface area contributed by atoms with Crippen LogP contribution < -0.4 is 10.3 Å². The zero-order valence-electron chi connectivity index (χ0n) is 22.7. The number of nitrogens with zero attached hydrogens (tertiary/aromatic N) is 4. The third kappa shape index (κ3) is 5.99. The zero-order chi connectivity index (χ0) is 30.0. The Morgan fingerprint density at radius 2 is 1.86 bits per heavy atom. The fourth-order valence-electron chi connectivity index (χ4n) is 5.19. The molecule has 2 aromatic carbocycles. The van der Waals surface area contributed by atoms with Crippen LogP contribution in [0.2, 0.25) is 5.02 Å². The number of aromatic hydroxyl groups is 1. The highest BCUT2D eigenvalue weighted by Crippen LogP contribution is 2.35. The van der Waals surface area contributed by atoms with Crippen LogP contribution in [0.5, 0.6) is 11.5 Å². The predicted molar refractivity (Wildman–Crippen MR) is 157 cm³/mol. The van der Waals surface area contributed by atoms with Crippen molar-refractivity contribution in [2.45, 2.75) is 35.2 Å². The average Bonchev–Trinajstić information content (AvgIpc) is 3.48. The highest BCUT2D eigenvalue weighted by atomic mass is 35.5. The molecule has 1 aromatic heterocycles. The maximum Gasteiger partial charge on any atom is 0.315 e. The Morgan fingerprint density at radius 1 is 1.12 bits per heavy atom. The Balaban J connectivity index is 1.34. The first kappa shape index (κ1) is 29.9. The third-order valence-corrected chi connectivity index (χ3v) is 10.6. The number of methoxy groups -OCH3 is 1. The van der Waals surface area contributed by atoms with E-state index in [-0.39, 0.29) is 53.5 Å². The van der Waals surface area contributed by atoms with Gasteiger partial charge in [-0.05, 0) is 49.2 Å². The number of carbonyl (C=O) groups excluding carboxylic acids is 2. The second-order valence-electron chi connectivity index (χ2n) is 9.87. The van der Waals surface area contributed by atoms with Gasteiger partial charge in [-0.25, -0.2) is 8.42 Å². The molecule has 222 valence electrons. The van der Waals surface area contributed by atoms with Gasteiger partial charge in [0.25, 0.3) is 5.91 Å². The number of carbonyl (C=O) groups is 2. The SMILES string of the molecule is COc1ccc(S(=O)(=O)CCN2CCn3c(C4CCCN4C(=O)CSc4ccccc4Cl)nc(=O)c(O)c3C2=O)cc1. The number of fused-ring (bicyclic) bond motifs is 1.